The zero-order valence-corrected chi connectivity index (χ0v) is 16.7. The Kier molecular flexibility index (Phi) is 5.85. The Balaban J connectivity index is 2.02. The van der Waals surface area contributed by atoms with Crippen molar-refractivity contribution in [3.05, 3.63) is 72.4 Å². The molecule has 0 bridgehead atoms. The van der Waals surface area contributed by atoms with Gasteiger partial charge in [-0.1, -0.05) is 57.2 Å². The van der Waals surface area contributed by atoms with Crippen LogP contribution in [0.2, 0.25) is 18.1 Å². The molecule has 1 N–H and O–H groups in total. The predicted octanol–water partition coefficient (Wildman–Crippen LogP) is 5.88. The van der Waals surface area contributed by atoms with Gasteiger partial charge in [0.15, 0.2) is 5.78 Å². The maximum absolute atomic E-state index is 12.1. The zero-order chi connectivity index (χ0) is 18.5. The van der Waals surface area contributed by atoms with Gasteiger partial charge in [-0.15, -0.1) is 0 Å². The van der Waals surface area contributed by atoms with Gasteiger partial charge in [0.2, 0.25) is 8.32 Å². The fourth-order valence-electron chi connectivity index (χ4n) is 2.01. The summed E-state index contributed by atoms with van der Waals surface area (Å²) in [6.45, 7) is 11.1. The van der Waals surface area contributed by atoms with Gasteiger partial charge in [0.1, 0.15) is 5.75 Å². The first-order valence-corrected chi connectivity index (χ1v) is 11.4. The van der Waals surface area contributed by atoms with Crippen LogP contribution in [0.25, 0.3) is 0 Å². The molecule has 0 heterocycles. The highest BCUT2D eigenvalue weighted by atomic mass is 28.4. The molecule has 0 aliphatic rings. The van der Waals surface area contributed by atoms with Crippen molar-refractivity contribution in [1.82, 2.24) is 0 Å². The molecule has 0 spiro atoms. The Morgan fingerprint density at radius 2 is 1.72 bits per heavy atom. The molecule has 0 unspecified atom stereocenters. The van der Waals surface area contributed by atoms with Crippen LogP contribution in [-0.2, 0) is 0 Å². The number of ketones is 1. The molecule has 0 aliphatic carbocycles. The Labute approximate surface area is 151 Å². The number of carbonyl (C=O) groups is 1. The SMILES string of the molecule is CC(C)(C)[Si](C)(C)Oc1cccc(N/C=C\C(=O)c2ccccc2)c1. The lowest BCUT2D eigenvalue weighted by molar-refractivity contribution is 0.104. The molecule has 0 fully saturated rings. The highest BCUT2D eigenvalue weighted by Gasteiger charge is 2.38. The van der Waals surface area contributed by atoms with Crippen molar-refractivity contribution in [1.29, 1.82) is 0 Å². The largest absolute Gasteiger partial charge is 0.543 e. The van der Waals surface area contributed by atoms with Crippen molar-refractivity contribution >= 4 is 19.8 Å². The summed E-state index contributed by atoms with van der Waals surface area (Å²) in [5.74, 6) is 0.834. The summed E-state index contributed by atoms with van der Waals surface area (Å²) in [6, 6.07) is 17.1. The molecule has 4 heteroatoms. The van der Waals surface area contributed by atoms with Crippen LogP contribution in [-0.4, -0.2) is 14.1 Å². The standard InChI is InChI=1S/C21H27NO2Si/c1-21(2,3)25(4,5)24-19-13-9-12-18(16-19)22-15-14-20(23)17-10-7-6-8-11-17/h6-16,22H,1-5H3/b15-14-. The lowest BCUT2D eigenvalue weighted by atomic mass is 10.1. The van der Waals surface area contributed by atoms with E-state index in [0.717, 1.165) is 11.4 Å². The van der Waals surface area contributed by atoms with Crippen molar-refractivity contribution in [2.24, 2.45) is 0 Å². The van der Waals surface area contributed by atoms with Gasteiger partial charge in [0.05, 0.1) is 0 Å². The van der Waals surface area contributed by atoms with Gasteiger partial charge in [0.25, 0.3) is 0 Å². The van der Waals surface area contributed by atoms with E-state index in [0.29, 0.717) is 5.56 Å². The van der Waals surface area contributed by atoms with Gasteiger partial charge < -0.3 is 9.74 Å². The first kappa shape index (κ1) is 19.0. The molecular weight excluding hydrogens is 326 g/mol. The van der Waals surface area contributed by atoms with Crippen LogP contribution in [0.5, 0.6) is 5.75 Å². The lowest BCUT2D eigenvalue weighted by Gasteiger charge is -2.36. The van der Waals surface area contributed by atoms with Gasteiger partial charge in [-0.25, -0.2) is 0 Å². The molecule has 2 rings (SSSR count). The van der Waals surface area contributed by atoms with Crippen LogP contribution >= 0.6 is 0 Å². The van der Waals surface area contributed by atoms with E-state index in [1.165, 1.54) is 6.08 Å². The number of carbonyl (C=O) groups excluding carboxylic acids is 1. The molecule has 0 radical (unpaired) electrons. The number of allylic oxidation sites excluding steroid dienone is 1. The number of rotatable bonds is 6. The molecule has 132 valence electrons. The van der Waals surface area contributed by atoms with Crippen molar-refractivity contribution in [3.63, 3.8) is 0 Å². The first-order valence-electron chi connectivity index (χ1n) is 8.51. The molecule has 2 aromatic rings. The summed E-state index contributed by atoms with van der Waals surface area (Å²) in [7, 11) is -1.86. The molecule has 2 aromatic carbocycles. The third-order valence-electron chi connectivity index (χ3n) is 4.56. The monoisotopic (exact) mass is 353 g/mol. The van der Waals surface area contributed by atoms with Gasteiger partial charge in [-0.2, -0.15) is 0 Å². The Bertz CT molecular complexity index is 746. The van der Waals surface area contributed by atoms with Gasteiger partial charge in [-0.3, -0.25) is 4.79 Å². The van der Waals surface area contributed by atoms with E-state index in [9.17, 15) is 4.79 Å². The average Bonchev–Trinajstić information content (AvgIpc) is 2.54. The van der Waals surface area contributed by atoms with E-state index in [2.05, 4.69) is 39.2 Å². The highest BCUT2D eigenvalue weighted by Crippen LogP contribution is 2.37. The molecule has 0 aliphatic heterocycles. The van der Waals surface area contributed by atoms with E-state index in [1.54, 1.807) is 18.3 Å². The quantitative estimate of drug-likeness (QED) is 0.400. The van der Waals surface area contributed by atoms with E-state index in [4.69, 9.17) is 4.43 Å². The van der Waals surface area contributed by atoms with Crippen molar-refractivity contribution in [3.8, 4) is 5.75 Å². The van der Waals surface area contributed by atoms with Crippen LogP contribution in [0.1, 0.15) is 31.1 Å². The molecule has 0 aromatic heterocycles. The lowest BCUT2D eigenvalue weighted by Crippen LogP contribution is -2.43. The van der Waals surface area contributed by atoms with E-state index < -0.39 is 8.32 Å². The topological polar surface area (TPSA) is 38.3 Å². The zero-order valence-electron chi connectivity index (χ0n) is 15.7. The van der Waals surface area contributed by atoms with Gasteiger partial charge in [-0.05, 0) is 30.3 Å². The number of anilines is 1. The van der Waals surface area contributed by atoms with Crippen LogP contribution in [0.4, 0.5) is 5.69 Å². The van der Waals surface area contributed by atoms with Crippen LogP contribution in [0.3, 0.4) is 0 Å². The van der Waals surface area contributed by atoms with Crippen molar-refractivity contribution in [2.75, 3.05) is 5.32 Å². The number of nitrogens with one attached hydrogen (secondary N) is 1. The molecular formula is C21H27NO2Si. The molecule has 0 saturated carbocycles. The second kappa shape index (κ2) is 7.70. The predicted molar refractivity (Wildman–Crippen MR) is 108 cm³/mol. The number of hydrogen-bond donors (Lipinski definition) is 1. The third-order valence-corrected chi connectivity index (χ3v) is 8.91. The normalized spacial score (nSPS) is 12.2. The fourth-order valence-corrected chi connectivity index (χ4v) is 3.03. The molecule has 0 atom stereocenters. The molecule has 0 saturated heterocycles. The number of hydrogen-bond acceptors (Lipinski definition) is 3. The minimum atomic E-state index is -1.86. The van der Waals surface area contributed by atoms with E-state index >= 15 is 0 Å². The summed E-state index contributed by atoms with van der Waals surface area (Å²) in [4.78, 5) is 12.1. The van der Waals surface area contributed by atoms with E-state index in [-0.39, 0.29) is 10.8 Å². The first-order chi connectivity index (χ1) is 11.7. The minimum Gasteiger partial charge on any atom is -0.543 e. The maximum Gasteiger partial charge on any atom is 0.250 e. The smallest absolute Gasteiger partial charge is 0.250 e. The van der Waals surface area contributed by atoms with Crippen molar-refractivity contribution < 1.29 is 9.22 Å². The summed E-state index contributed by atoms with van der Waals surface area (Å²) < 4.78 is 6.31. The number of benzene rings is 2. The molecule has 3 nitrogen and oxygen atoms in total. The van der Waals surface area contributed by atoms with Crippen LogP contribution in [0.15, 0.2) is 66.9 Å². The summed E-state index contributed by atoms with van der Waals surface area (Å²) >= 11 is 0. The highest BCUT2D eigenvalue weighted by molar-refractivity contribution is 6.74. The molecule has 25 heavy (non-hydrogen) atoms. The second-order valence-corrected chi connectivity index (χ2v) is 12.3. The Hall–Kier alpha value is -2.33. The molecule has 0 amide bonds. The van der Waals surface area contributed by atoms with Crippen LogP contribution in [0, 0.1) is 0 Å². The Morgan fingerprint density at radius 1 is 1.04 bits per heavy atom. The maximum atomic E-state index is 12.1. The minimum absolute atomic E-state index is 0.0261. The fraction of sp³-hybridized carbons (Fsp3) is 0.286. The summed E-state index contributed by atoms with van der Waals surface area (Å²) in [6.07, 6.45) is 3.21. The average molecular weight is 354 g/mol. The van der Waals surface area contributed by atoms with E-state index in [1.807, 2.05) is 42.5 Å². The summed E-state index contributed by atoms with van der Waals surface area (Å²) in [5, 5.41) is 3.30. The van der Waals surface area contributed by atoms with Crippen LogP contribution < -0.4 is 9.74 Å². The second-order valence-electron chi connectivity index (χ2n) is 7.60. The Morgan fingerprint density at radius 3 is 2.36 bits per heavy atom. The van der Waals surface area contributed by atoms with Gasteiger partial charge >= 0.3 is 0 Å². The van der Waals surface area contributed by atoms with Gasteiger partial charge in [0, 0.05) is 29.6 Å². The summed E-state index contributed by atoms with van der Waals surface area (Å²) in [5.41, 5.74) is 1.57. The third kappa shape index (κ3) is 5.33. The van der Waals surface area contributed by atoms with Crippen molar-refractivity contribution in [2.45, 2.75) is 38.9 Å².